The van der Waals surface area contributed by atoms with Gasteiger partial charge in [0.15, 0.2) is 0 Å². The zero-order valence-corrected chi connectivity index (χ0v) is 12.5. The molecule has 1 N–H and O–H groups in total. The number of benzene rings is 1. The zero-order valence-electron chi connectivity index (χ0n) is 10.8. The fourth-order valence-corrected chi connectivity index (χ4v) is 3.91. The molecule has 0 saturated heterocycles. The molecule has 3 heteroatoms. The average molecular weight is 298 g/mol. The van der Waals surface area contributed by atoms with Crippen LogP contribution in [0.5, 0.6) is 0 Å². The van der Waals surface area contributed by atoms with Gasteiger partial charge < -0.3 is 0 Å². The van der Waals surface area contributed by atoms with Gasteiger partial charge in [-0.2, -0.15) is 0 Å². The van der Waals surface area contributed by atoms with Gasteiger partial charge in [-0.05, 0) is 0 Å². The predicted octanol–water partition coefficient (Wildman–Crippen LogP) is 1.99. The van der Waals surface area contributed by atoms with Crippen LogP contribution in [-0.2, 0) is 4.79 Å². The van der Waals surface area contributed by atoms with Crippen molar-refractivity contribution < 1.29 is 4.79 Å². The van der Waals surface area contributed by atoms with E-state index in [-0.39, 0.29) is 5.91 Å². The summed E-state index contributed by atoms with van der Waals surface area (Å²) >= 11 is 0.442. The monoisotopic (exact) mass is 299 g/mol. The van der Waals surface area contributed by atoms with Crippen LogP contribution >= 0.6 is 0 Å². The first-order chi connectivity index (χ1) is 8.13. The third kappa shape index (κ3) is 5.38. The minimum atomic E-state index is 0.160. The second-order valence-electron chi connectivity index (χ2n) is 4.40. The van der Waals surface area contributed by atoms with Gasteiger partial charge >= 0.3 is 110 Å². The van der Waals surface area contributed by atoms with Gasteiger partial charge in [-0.3, -0.25) is 0 Å². The molecule has 0 aliphatic carbocycles. The Labute approximate surface area is 110 Å². The molecule has 17 heavy (non-hydrogen) atoms. The van der Waals surface area contributed by atoms with E-state index in [1.54, 1.807) is 0 Å². The van der Waals surface area contributed by atoms with Crippen molar-refractivity contribution in [2.24, 2.45) is 5.92 Å². The number of carbonyl (C=O) groups is 1. The molecule has 1 atom stereocenters. The maximum absolute atomic E-state index is 11.4. The Hall–Kier alpha value is -0.791. The minimum absolute atomic E-state index is 0.160. The maximum atomic E-state index is 11.4. The summed E-state index contributed by atoms with van der Waals surface area (Å²) in [6.45, 7) is 6.23. The fraction of sp³-hybridized carbons (Fsp3) is 0.500. The van der Waals surface area contributed by atoms with Crippen molar-refractivity contribution >= 4 is 25.3 Å². The Morgan fingerprint density at radius 1 is 1.29 bits per heavy atom. The molecule has 2 nitrogen and oxygen atoms in total. The van der Waals surface area contributed by atoms with Crippen LogP contribution < -0.4 is 9.78 Å². The summed E-state index contributed by atoms with van der Waals surface area (Å²) in [7, 11) is 0. The van der Waals surface area contributed by atoms with E-state index in [4.69, 9.17) is 0 Å². The van der Waals surface area contributed by atoms with Gasteiger partial charge in [0, 0.05) is 0 Å². The zero-order chi connectivity index (χ0) is 12.7. The van der Waals surface area contributed by atoms with E-state index in [9.17, 15) is 4.79 Å². The van der Waals surface area contributed by atoms with Crippen LogP contribution in [0.1, 0.15) is 27.2 Å². The SMILES string of the molecule is CCC(=O)N[C@H](C[Se]c1ccccc1)C(C)C. The van der Waals surface area contributed by atoms with Gasteiger partial charge in [-0.25, -0.2) is 0 Å². The summed E-state index contributed by atoms with van der Waals surface area (Å²) in [6.07, 6.45) is 0.571. The van der Waals surface area contributed by atoms with Gasteiger partial charge in [0.25, 0.3) is 0 Å². The second kappa shape index (κ2) is 7.52. The third-order valence-corrected chi connectivity index (χ3v) is 5.02. The Balaban J connectivity index is 2.47. The van der Waals surface area contributed by atoms with E-state index < -0.39 is 0 Å². The third-order valence-electron chi connectivity index (χ3n) is 2.64. The summed E-state index contributed by atoms with van der Waals surface area (Å²) in [5.74, 6) is 0.656. The first-order valence-electron chi connectivity index (χ1n) is 6.10. The van der Waals surface area contributed by atoms with Gasteiger partial charge in [0.1, 0.15) is 0 Å². The Kier molecular flexibility index (Phi) is 6.31. The number of hydrogen-bond donors (Lipinski definition) is 1. The molecule has 0 aliphatic heterocycles. The van der Waals surface area contributed by atoms with Crippen LogP contribution in [-0.4, -0.2) is 26.9 Å². The molecule has 0 aliphatic rings. The Morgan fingerprint density at radius 3 is 2.47 bits per heavy atom. The van der Waals surface area contributed by atoms with Crippen molar-refractivity contribution in [1.82, 2.24) is 5.32 Å². The average Bonchev–Trinajstić information content (AvgIpc) is 2.35. The molecule has 0 unspecified atom stereocenters. The van der Waals surface area contributed by atoms with Crippen LogP contribution in [0.3, 0.4) is 0 Å². The molecule has 0 fully saturated rings. The van der Waals surface area contributed by atoms with E-state index in [0.717, 1.165) is 5.32 Å². The van der Waals surface area contributed by atoms with E-state index in [0.29, 0.717) is 33.3 Å². The predicted molar refractivity (Wildman–Crippen MR) is 73.7 cm³/mol. The number of carbonyl (C=O) groups excluding carboxylic acids is 1. The molecule has 0 aromatic heterocycles. The van der Waals surface area contributed by atoms with Crippen LogP contribution in [0.15, 0.2) is 30.3 Å². The summed E-state index contributed by atoms with van der Waals surface area (Å²) < 4.78 is 1.40. The molecule has 1 rings (SSSR count). The van der Waals surface area contributed by atoms with Crippen molar-refractivity contribution in [2.75, 3.05) is 0 Å². The normalized spacial score (nSPS) is 12.5. The van der Waals surface area contributed by atoms with E-state index in [1.165, 1.54) is 4.46 Å². The molecule has 94 valence electrons. The number of hydrogen-bond acceptors (Lipinski definition) is 1. The topological polar surface area (TPSA) is 29.1 Å². The molecular weight excluding hydrogens is 277 g/mol. The first kappa shape index (κ1) is 14.3. The van der Waals surface area contributed by atoms with Crippen LogP contribution in [0.25, 0.3) is 0 Å². The van der Waals surface area contributed by atoms with E-state index >= 15 is 0 Å². The summed E-state index contributed by atoms with van der Waals surface area (Å²) in [5.41, 5.74) is 0. The fourth-order valence-electron chi connectivity index (χ4n) is 1.41. The Morgan fingerprint density at radius 2 is 1.94 bits per heavy atom. The standard InChI is InChI=1S/C14H21NOSe/c1-4-14(16)15-13(11(2)3)10-17-12-8-6-5-7-9-12/h5-9,11,13H,4,10H2,1-3H3,(H,15,16)/t13-/m1/s1. The van der Waals surface area contributed by atoms with Gasteiger partial charge in [0.05, 0.1) is 0 Å². The van der Waals surface area contributed by atoms with Crippen LogP contribution in [0.2, 0.25) is 5.32 Å². The number of rotatable bonds is 6. The van der Waals surface area contributed by atoms with Crippen molar-refractivity contribution in [1.29, 1.82) is 0 Å². The van der Waals surface area contributed by atoms with Crippen molar-refractivity contribution in [3.8, 4) is 0 Å². The van der Waals surface area contributed by atoms with Gasteiger partial charge in [-0.15, -0.1) is 0 Å². The van der Waals surface area contributed by atoms with Gasteiger partial charge in [0.2, 0.25) is 0 Å². The number of nitrogens with one attached hydrogen (secondary N) is 1. The second-order valence-corrected chi connectivity index (χ2v) is 6.69. The summed E-state index contributed by atoms with van der Waals surface area (Å²) in [6, 6.07) is 10.8. The van der Waals surface area contributed by atoms with Crippen molar-refractivity contribution in [2.45, 2.75) is 38.6 Å². The molecule has 0 bridgehead atoms. The van der Waals surface area contributed by atoms with E-state index in [2.05, 4.69) is 43.4 Å². The van der Waals surface area contributed by atoms with Crippen LogP contribution in [0.4, 0.5) is 0 Å². The first-order valence-corrected chi connectivity index (χ1v) is 8.17. The van der Waals surface area contributed by atoms with Crippen molar-refractivity contribution in [3.05, 3.63) is 30.3 Å². The van der Waals surface area contributed by atoms with E-state index in [1.807, 2.05) is 13.0 Å². The molecule has 1 aromatic rings. The van der Waals surface area contributed by atoms with Gasteiger partial charge in [-0.1, -0.05) is 0 Å². The molecule has 0 spiro atoms. The molecule has 1 amide bonds. The molecular formula is C14H21NOSe. The summed E-state index contributed by atoms with van der Waals surface area (Å²) in [5, 5.41) is 4.18. The molecule has 0 heterocycles. The quantitative estimate of drug-likeness (QED) is 0.800. The van der Waals surface area contributed by atoms with Crippen LogP contribution in [0, 0.1) is 5.92 Å². The Bertz CT molecular complexity index is 337. The van der Waals surface area contributed by atoms with Crippen molar-refractivity contribution in [3.63, 3.8) is 0 Å². The number of amides is 1. The molecule has 1 aromatic carbocycles. The summed E-state index contributed by atoms with van der Waals surface area (Å²) in [4.78, 5) is 11.4. The molecule has 0 radical (unpaired) electrons. The molecule has 0 saturated carbocycles.